The van der Waals surface area contributed by atoms with Crippen LogP contribution in [0.2, 0.25) is 0 Å². The van der Waals surface area contributed by atoms with Gasteiger partial charge in [0.1, 0.15) is 5.76 Å². The molecule has 1 saturated heterocycles. The monoisotopic (exact) mass is 251 g/mol. The maximum Gasteiger partial charge on any atom is 0.237 e. The Balaban J connectivity index is 2.07. The molecule has 1 amide bonds. The molecule has 0 saturated carbocycles. The minimum atomic E-state index is -0.0421. The third-order valence-electron chi connectivity index (χ3n) is 3.54. The zero-order valence-corrected chi connectivity index (χ0v) is 11.2. The number of carbonyl (C=O) groups is 1. The van der Waals surface area contributed by atoms with Crippen LogP contribution in [0.5, 0.6) is 0 Å². The number of aryl methyl sites for hydroxylation is 2. The first kappa shape index (κ1) is 13.1. The summed E-state index contributed by atoms with van der Waals surface area (Å²) in [5.74, 6) is 0.874. The van der Waals surface area contributed by atoms with Crippen LogP contribution >= 0.6 is 0 Å². The maximum atomic E-state index is 12.1. The van der Waals surface area contributed by atoms with Gasteiger partial charge in [-0.3, -0.25) is 4.79 Å². The van der Waals surface area contributed by atoms with Crippen molar-refractivity contribution < 1.29 is 9.32 Å². The topological polar surface area (TPSA) is 67.2 Å². The van der Waals surface area contributed by atoms with Gasteiger partial charge >= 0.3 is 0 Å². The van der Waals surface area contributed by atoms with E-state index in [0.717, 1.165) is 42.8 Å². The Morgan fingerprint density at radius 2 is 2.39 bits per heavy atom. The standard InChI is InChI=1S/C13H21N3O2/c1-4-10(12-8(2)16-18-9(12)3)15-13(17)11-6-5-7-14-11/h10-11,14H,4-7H2,1-3H3,(H,15,17). The van der Waals surface area contributed by atoms with Gasteiger partial charge in [0.05, 0.1) is 17.8 Å². The highest BCUT2D eigenvalue weighted by molar-refractivity contribution is 5.82. The highest BCUT2D eigenvalue weighted by Crippen LogP contribution is 2.24. The van der Waals surface area contributed by atoms with E-state index in [1.165, 1.54) is 0 Å². The van der Waals surface area contributed by atoms with Gasteiger partial charge in [0.25, 0.3) is 0 Å². The number of rotatable bonds is 4. The van der Waals surface area contributed by atoms with Gasteiger partial charge in [0.2, 0.25) is 5.91 Å². The predicted octanol–water partition coefficient (Wildman–Crippen LogP) is 1.61. The van der Waals surface area contributed by atoms with Crippen molar-refractivity contribution in [3.05, 3.63) is 17.0 Å². The van der Waals surface area contributed by atoms with Crippen LogP contribution in [0.15, 0.2) is 4.52 Å². The fourth-order valence-electron chi connectivity index (χ4n) is 2.55. The van der Waals surface area contributed by atoms with E-state index in [1.807, 2.05) is 13.8 Å². The lowest BCUT2D eigenvalue weighted by atomic mass is 10.0. The molecule has 1 aliphatic heterocycles. The first-order valence-corrected chi connectivity index (χ1v) is 6.60. The van der Waals surface area contributed by atoms with Crippen molar-refractivity contribution in [1.82, 2.24) is 15.8 Å². The number of carbonyl (C=O) groups excluding carboxylic acids is 1. The summed E-state index contributed by atoms with van der Waals surface area (Å²) in [6.07, 6.45) is 2.82. The van der Waals surface area contributed by atoms with Crippen molar-refractivity contribution in [3.8, 4) is 0 Å². The van der Waals surface area contributed by atoms with Gasteiger partial charge in [0, 0.05) is 5.56 Å². The molecule has 5 nitrogen and oxygen atoms in total. The smallest absolute Gasteiger partial charge is 0.237 e. The molecule has 0 aliphatic carbocycles. The molecule has 2 rings (SSSR count). The number of nitrogens with zero attached hydrogens (tertiary/aromatic N) is 1. The number of hydrogen-bond acceptors (Lipinski definition) is 4. The SMILES string of the molecule is CCC(NC(=O)C1CCCN1)c1c(C)noc1C. The summed E-state index contributed by atoms with van der Waals surface area (Å²) in [5.41, 5.74) is 1.88. The maximum absolute atomic E-state index is 12.1. The van der Waals surface area contributed by atoms with Gasteiger partial charge < -0.3 is 15.2 Å². The summed E-state index contributed by atoms with van der Waals surface area (Å²) in [5, 5.41) is 10.2. The Hall–Kier alpha value is -1.36. The van der Waals surface area contributed by atoms with Crippen LogP contribution in [0.25, 0.3) is 0 Å². The lowest BCUT2D eigenvalue weighted by molar-refractivity contribution is -0.123. The van der Waals surface area contributed by atoms with Crippen molar-refractivity contribution in [2.45, 2.75) is 52.1 Å². The molecule has 0 spiro atoms. The Labute approximate surface area is 107 Å². The van der Waals surface area contributed by atoms with E-state index in [-0.39, 0.29) is 18.0 Å². The fraction of sp³-hybridized carbons (Fsp3) is 0.692. The number of nitrogens with one attached hydrogen (secondary N) is 2. The molecular formula is C13H21N3O2. The normalized spacial score (nSPS) is 20.9. The van der Waals surface area contributed by atoms with Crippen LogP contribution in [0, 0.1) is 13.8 Å². The lowest BCUT2D eigenvalue weighted by Crippen LogP contribution is -2.42. The summed E-state index contributed by atoms with van der Waals surface area (Å²) in [6.45, 7) is 6.78. The second-order valence-electron chi connectivity index (χ2n) is 4.86. The highest BCUT2D eigenvalue weighted by atomic mass is 16.5. The number of amides is 1. The molecule has 100 valence electrons. The Bertz CT molecular complexity index is 402. The van der Waals surface area contributed by atoms with Gasteiger partial charge in [-0.05, 0) is 39.7 Å². The molecule has 5 heteroatoms. The molecular weight excluding hydrogens is 230 g/mol. The summed E-state index contributed by atoms with van der Waals surface area (Å²) in [6, 6.07) is -0.0503. The third-order valence-corrected chi connectivity index (χ3v) is 3.54. The third kappa shape index (κ3) is 2.56. The minimum absolute atomic E-state index is 0.00819. The lowest BCUT2D eigenvalue weighted by Gasteiger charge is -2.19. The largest absolute Gasteiger partial charge is 0.361 e. The van der Waals surface area contributed by atoms with Crippen LogP contribution in [0.3, 0.4) is 0 Å². The minimum Gasteiger partial charge on any atom is -0.361 e. The molecule has 0 bridgehead atoms. The van der Waals surface area contributed by atoms with Crippen molar-refractivity contribution in [1.29, 1.82) is 0 Å². The van der Waals surface area contributed by atoms with Crippen LogP contribution in [0.4, 0.5) is 0 Å². The van der Waals surface area contributed by atoms with Gasteiger partial charge in [0.15, 0.2) is 0 Å². The second kappa shape index (κ2) is 5.52. The van der Waals surface area contributed by atoms with Crippen molar-refractivity contribution in [3.63, 3.8) is 0 Å². The van der Waals surface area contributed by atoms with Gasteiger partial charge in [-0.15, -0.1) is 0 Å². The second-order valence-corrected chi connectivity index (χ2v) is 4.86. The molecule has 1 aromatic rings. The zero-order chi connectivity index (χ0) is 13.1. The van der Waals surface area contributed by atoms with Gasteiger partial charge in [-0.1, -0.05) is 12.1 Å². The van der Waals surface area contributed by atoms with Crippen LogP contribution in [0.1, 0.15) is 49.2 Å². The molecule has 18 heavy (non-hydrogen) atoms. The first-order valence-electron chi connectivity index (χ1n) is 6.60. The summed E-state index contributed by atoms with van der Waals surface area (Å²) in [4.78, 5) is 12.1. The fourth-order valence-corrected chi connectivity index (χ4v) is 2.55. The molecule has 2 atom stereocenters. The quantitative estimate of drug-likeness (QED) is 0.853. The molecule has 2 unspecified atom stereocenters. The summed E-state index contributed by atoms with van der Waals surface area (Å²) < 4.78 is 5.17. The van der Waals surface area contributed by atoms with Crippen molar-refractivity contribution in [2.24, 2.45) is 0 Å². The molecule has 1 aromatic heterocycles. The zero-order valence-electron chi connectivity index (χ0n) is 11.2. The molecule has 0 aromatic carbocycles. The number of aromatic nitrogens is 1. The highest BCUT2D eigenvalue weighted by Gasteiger charge is 2.26. The summed E-state index contributed by atoms with van der Waals surface area (Å²) >= 11 is 0. The van der Waals surface area contributed by atoms with E-state index >= 15 is 0 Å². The Morgan fingerprint density at radius 3 is 2.89 bits per heavy atom. The van der Waals surface area contributed by atoms with E-state index in [2.05, 4.69) is 22.7 Å². The summed E-state index contributed by atoms with van der Waals surface area (Å²) in [7, 11) is 0. The number of hydrogen-bond donors (Lipinski definition) is 2. The van der Waals surface area contributed by atoms with Crippen molar-refractivity contribution in [2.75, 3.05) is 6.54 Å². The van der Waals surface area contributed by atoms with Crippen LogP contribution in [-0.4, -0.2) is 23.7 Å². The molecule has 2 N–H and O–H groups in total. The Morgan fingerprint density at radius 1 is 1.61 bits per heavy atom. The van der Waals surface area contributed by atoms with Gasteiger partial charge in [-0.2, -0.15) is 0 Å². The molecule has 1 fully saturated rings. The first-order chi connectivity index (χ1) is 8.63. The van der Waals surface area contributed by atoms with E-state index in [0.29, 0.717) is 0 Å². The average molecular weight is 251 g/mol. The predicted molar refractivity (Wildman–Crippen MR) is 68.2 cm³/mol. The van der Waals surface area contributed by atoms with Crippen LogP contribution < -0.4 is 10.6 Å². The van der Waals surface area contributed by atoms with Crippen molar-refractivity contribution >= 4 is 5.91 Å². The molecule has 2 heterocycles. The molecule has 1 aliphatic rings. The Kier molecular flexibility index (Phi) is 4.01. The van der Waals surface area contributed by atoms with E-state index < -0.39 is 0 Å². The van der Waals surface area contributed by atoms with Crippen LogP contribution in [-0.2, 0) is 4.79 Å². The van der Waals surface area contributed by atoms with E-state index in [9.17, 15) is 4.79 Å². The van der Waals surface area contributed by atoms with E-state index in [1.54, 1.807) is 0 Å². The molecule has 0 radical (unpaired) electrons. The van der Waals surface area contributed by atoms with E-state index in [4.69, 9.17) is 4.52 Å². The van der Waals surface area contributed by atoms with Gasteiger partial charge in [-0.25, -0.2) is 0 Å². The average Bonchev–Trinajstić information content (AvgIpc) is 2.98.